The first-order valence-electron chi connectivity index (χ1n) is 26.6. The molecule has 2 aliphatic heterocycles. The Kier molecular flexibility index (Phi) is 24.2. The van der Waals surface area contributed by atoms with Crippen molar-refractivity contribution in [2.45, 2.75) is 281 Å². The van der Waals surface area contributed by atoms with Gasteiger partial charge in [0.15, 0.2) is 0 Å². The van der Waals surface area contributed by atoms with Gasteiger partial charge in [-0.25, -0.2) is 0 Å². The van der Waals surface area contributed by atoms with E-state index in [2.05, 4.69) is 202 Å². The van der Waals surface area contributed by atoms with Crippen molar-refractivity contribution in [3.63, 3.8) is 0 Å². The topological polar surface area (TPSA) is 95.8 Å². The second-order valence-corrected chi connectivity index (χ2v) is 45.7. The summed E-state index contributed by atoms with van der Waals surface area (Å²) in [6, 6.07) is 0. The molecule has 2 heterocycles. The Morgan fingerprint density at radius 3 is 0.721 bits per heavy atom. The van der Waals surface area contributed by atoms with Gasteiger partial charge in [0.25, 0.3) is 0 Å². The zero-order valence-electron chi connectivity index (χ0n) is 47.6. The minimum Gasteiger partial charge on any atom is -0.409 e. The average molecular weight is 1020 g/mol. The summed E-state index contributed by atoms with van der Waals surface area (Å²) in [4.78, 5) is 0. The SMILES string of the molecule is C#C[C@H]1[C@H](O[Si](C(C)C)(C(C)C)C(C)C)[C@H](O[Si](C(C)C)(C(C)C)C(C)C)[C@@H](C#CC#C[C@H]2O[C@H](CO)[C@@H](C#C)[C@H](O[Si](C(C)C)(C(C)C)C(C)C)[C@@H]2O[Si](C(C)C)(C(C)C)C(C)C)O[C@@H]1CO. The van der Waals surface area contributed by atoms with Crippen LogP contribution < -0.4 is 0 Å². The van der Waals surface area contributed by atoms with E-state index in [4.69, 9.17) is 40.0 Å². The van der Waals surface area contributed by atoms with Gasteiger partial charge >= 0.3 is 0 Å². The van der Waals surface area contributed by atoms with Crippen molar-refractivity contribution in [1.29, 1.82) is 0 Å². The van der Waals surface area contributed by atoms with Gasteiger partial charge in [0, 0.05) is 0 Å². The maximum atomic E-state index is 11.0. The highest BCUT2D eigenvalue weighted by Gasteiger charge is 2.59. The van der Waals surface area contributed by atoms with Gasteiger partial charge in [0.1, 0.15) is 24.4 Å². The van der Waals surface area contributed by atoms with Crippen molar-refractivity contribution < 1.29 is 37.4 Å². The van der Waals surface area contributed by atoms with Gasteiger partial charge in [0.05, 0.1) is 49.5 Å². The molecular formula is C56H102O8Si4. The quantitative estimate of drug-likeness (QED) is 0.0818. The summed E-state index contributed by atoms with van der Waals surface area (Å²) in [6.07, 6.45) is 7.42. The Bertz CT molecular complexity index is 1550. The van der Waals surface area contributed by atoms with Crippen LogP contribution in [0.5, 0.6) is 0 Å². The molecule has 0 aromatic heterocycles. The normalized spacial score (nSPS) is 26.8. The third-order valence-electron chi connectivity index (χ3n) is 16.8. The third kappa shape index (κ3) is 12.4. The minimum absolute atomic E-state index is 0.266. The number of ether oxygens (including phenoxy) is 2. The van der Waals surface area contributed by atoms with E-state index in [1.165, 1.54) is 0 Å². The summed E-state index contributed by atoms with van der Waals surface area (Å²) in [5.41, 5.74) is 3.28. The number of rotatable bonds is 22. The molecule has 2 aliphatic rings. The van der Waals surface area contributed by atoms with Gasteiger partial charge in [-0.05, 0) is 78.3 Å². The van der Waals surface area contributed by atoms with Crippen LogP contribution in [0.15, 0.2) is 0 Å². The molecule has 2 saturated heterocycles. The first-order chi connectivity index (χ1) is 31.4. The van der Waals surface area contributed by atoms with Crippen molar-refractivity contribution in [3.8, 4) is 48.4 Å². The molecule has 2 rings (SSSR count). The highest BCUT2D eigenvalue weighted by molar-refractivity contribution is 6.79. The van der Waals surface area contributed by atoms with E-state index >= 15 is 0 Å². The van der Waals surface area contributed by atoms with Crippen LogP contribution in [0.2, 0.25) is 66.5 Å². The molecule has 2 fully saturated rings. The molecule has 0 amide bonds. The van der Waals surface area contributed by atoms with Crippen molar-refractivity contribution in [2.24, 2.45) is 11.8 Å². The lowest BCUT2D eigenvalue weighted by Crippen LogP contribution is -2.65. The molecule has 0 aliphatic carbocycles. The Morgan fingerprint density at radius 2 is 0.559 bits per heavy atom. The van der Waals surface area contributed by atoms with Crippen LogP contribution in [0.1, 0.15) is 166 Å². The summed E-state index contributed by atoms with van der Waals surface area (Å²) in [7, 11) is -10.3. The van der Waals surface area contributed by atoms with Crippen molar-refractivity contribution in [3.05, 3.63) is 0 Å². The van der Waals surface area contributed by atoms with E-state index in [-0.39, 0.29) is 79.7 Å². The van der Waals surface area contributed by atoms with Crippen LogP contribution in [0.25, 0.3) is 0 Å². The van der Waals surface area contributed by atoms with Crippen LogP contribution >= 0.6 is 0 Å². The van der Waals surface area contributed by atoms with Crippen molar-refractivity contribution in [1.82, 2.24) is 0 Å². The highest BCUT2D eigenvalue weighted by atomic mass is 28.4. The molecule has 0 spiro atoms. The van der Waals surface area contributed by atoms with E-state index in [0.717, 1.165) is 0 Å². The predicted octanol–water partition coefficient (Wildman–Crippen LogP) is 13.3. The number of aliphatic hydroxyl groups excluding tert-OH is 2. The van der Waals surface area contributed by atoms with Gasteiger partial charge in [-0.1, -0.05) is 190 Å². The van der Waals surface area contributed by atoms with E-state index in [1.807, 2.05) is 0 Å². The summed E-state index contributed by atoms with van der Waals surface area (Å²) >= 11 is 0. The Morgan fingerprint density at radius 1 is 0.368 bits per heavy atom. The molecular weight excluding hydrogens is 913 g/mol. The second kappa shape index (κ2) is 26.1. The average Bonchev–Trinajstić information content (AvgIpc) is 3.22. The zero-order valence-corrected chi connectivity index (χ0v) is 51.6. The van der Waals surface area contributed by atoms with E-state index < -0.39 is 93.9 Å². The number of hydrogen-bond acceptors (Lipinski definition) is 8. The Balaban J connectivity index is 3.12. The molecule has 68 heavy (non-hydrogen) atoms. The van der Waals surface area contributed by atoms with Crippen LogP contribution in [0.3, 0.4) is 0 Å². The molecule has 0 bridgehead atoms. The fourth-order valence-corrected chi connectivity index (χ4v) is 36.4. The summed E-state index contributed by atoms with van der Waals surface area (Å²) in [6.45, 7) is 54.0. The summed E-state index contributed by atoms with van der Waals surface area (Å²) in [5, 5.41) is 21.9. The zero-order chi connectivity index (χ0) is 52.6. The lowest BCUT2D eigenvalue weighted by Gasteiger charge is -2.54. The van der Waals surface area contributed by atoms with Gasteiger partial charge in [-0.2, -0.15) is 0 Å². The first kappa shape index (κ1) is 62.9. The van der Waals surface area contributed by atoms with Crippen LogP contribution in [-0.2, 0) is 27.2 Å². The van der Waals surface area contributed by atoms with Crippen LogP contribution in [0.4, 0.5) is 0 Å². The molecule has 0 saturated carbocycles. The fraction of sp³-hybridized carbons (Fsp3) is 0.857. The monoisotopic (exact) mass is 1010 g/mol. The summed E-state index contributed by atoms with van der Waals surface area (Å²) in [5.74, 6) is 18.3. The summed E-state index contributed by atoms with van der Waals surface area (Å²) < 4.78 is 44.5. The lowest BCUT2D eigenvalue weighted by molar-refractivity contribution is -0.169. The third-order valence-corrected chi connectivity index (χ3v) is 41.2. The minimum atomic E-state index is -2.60. The molecule has 0 radical (unpaired) electrons. The van der Waals surface area contributed by atoms with Crippen LogP contribution in [0, 0.1) is 60.2 Å². The molecule has 12 heteroatoms. The predicted molar refractivity (Wildman–Crippen MR) is 295 cm³/mol. The fourth-order valence-electron chi connectivity index (χ4n) is 14.2. The number of hydrogen-bond donors (Lipinski definition) is 2. The molecule has 0 aromatic rings. The van der Waals surface area contributed by atoms with Crippen molar-refractivity contribution >= 4 is 33.3 Å². The molecule has 390 valence electrons. The molecule has 10 atom stereocenters. The van der Waals surface area contributed by atoms with E-state index in [1.54, 1.807) is 0 Å². The van der Waals surface area contributed by atoms with Gasteiger partial charge in [-0.3, -0.25) is 0 Å². The van der Waals surface area contributed by atoms with Crippen LogP contribution in [-0.4, -0.2) is 106 Å². The number of terminal acetylenes is 2. The number of aliphatic hydroxyl groups is 2. The molecule has 8 nitrogen and oxygen atoms in total. The van der Waals surface area contributed by atoms with Gasteiger partial charge in [0.2, 0.25) is 33.3 Å². The maximum Gasteiger partial charge on any atom is 0.201 e. The Hall–Kier alpha value is -1.21. The van der Waals surface area contributed by atoms with E-state index in [9.17, 15) is 10.2 Å². The molecule has 0 aromatic carbocycles. The highest BCUT2D eigenvalue weighted by Crippen LogP contribution is 2.51. The van der Waals surface area contributed by atoms with Gasteiger partial charge < -0.3 is 37.4 Å². The first-order valence-corrected chi connectivity index (χ1v) is 35.2. The van der Waals surface area contributed by atoms with Gasteiger partial charge in [-0.15, -0.1) is 12.8 Å². The molecule has 2 N–H and O–H groups in total. The van der Waals surface area contributed by atoms with E-state index in [0.29, 0.717) is 0 Å². The lowest BCUT2D eigenvalue weighted by atomic mass is 9.87. The maximum absolute atomic E-state index is 11.0. The smallest absolute Gasteiger partial charge is 0.201 e. The second-order valence-electron chi connectivity index (χ2n) is 24.1. The van der Waals surface area contributed by atoms with Crippen molar-refractivity contribution in [2.75, 3.05) is 13.2 Å². The Labute approximate surface area is 423 Å². The standard InChI is InChI=1S/C56H102O8Si4/c1-27-47-51(33-57)59-49(55(63-67(41(15)16,42(17)18)43(19)20)53(47)61-65(35(3)4,36(5)6)37(7)8)31-29-30-32-50-56(64-68(44(21)22,45(23)24)46(25)26)54(48(28-2)52(34-58)60-50)62-66(38(9)10,39(11)12)40(13)14/h1-2,35-58H,33-34H2,3-26H3/t47-,48-,49-,50-,51-,52-,53+,54+,55-,56-/m1/s1. The largest absolute Gasteiger partial charge is 0.409 e. The molecule has 0 unspecified atom stereocenters.